The van der Waals surface area contributed by atoms with E-state index in [1.165, 1.54) is 51.5 Å². The molecule has 3 nitrogen and oxygen atoms in total. The molecule has 0 radical (unpaired) electrons. The molecular weight excluding hydrogens is 214 g/mol. The van der Waals surface area contributed by atoms with Gasteiger partial charge in [-0.2, -0.15) is 0 Å². The number of nitrogens with one attached hydrogen (secondary N) is 1. The molecular formula is C14H33NO2. The average Bonchev–Trinajstić information content (AvgIpc) is 2.34. The second kappa shape index (κ2) is 11.0. The third-order valence-corrected chi connectivity index (χ3v) is 3.92. The van der Waals surface area contributed by atoms with E-state index in [0.29, 0.717) is 0 Å². The Bertz CT molecular complexity index is 150. The second-order valence-electron chi connectivity index (χ2n) is 5.10. The molecule has 2 atom stereocenters. The third-order valence-electron chi connectivity index (χ3n) is 3.92. The molecule has 17 heavy (non-hydrogen) atoms. The van der Waals surface area contributed by atoms with Gasteiger partial charge in [0.05, 0.1) is 0 Å². The third kappa shape index (κ3) is 6.39. The molecule has 1 saturated carbocycles. The normalized spacial score (nSPS) is 29.1. The van der Waals surface area contributed by atoms with Crippen molar-refractivity contribution in [1.82, 2.24) is 5.32 Å². The molecule has 0 amide bonds. The molecule has 1 saturated heterocycles. The van der Waals surface area contributed by atoms with Gasteiger partial charge < -0.3 is 16.3 Å². The fourth-order valence-electron chi connectivity index (χ4n) is 2.96. The zero-order valence-corrected chi connectivity index (χ0v) is 11.9. The molecule has 1 heterocycles. The first-order chi connectivity index (χ1) is 7.36. The highest BCUT2D eigenvalue weighted by Crippen LogP contribution is 2.30. The van der Waals surface area contributed by atoms with Crippen LogP contribution >= 0.6 is 0 Å². The van der Waals surface area contributed by atoms with E-state index >= 15 is 0 Å². The van der Waals surface area contributed by atoms with Crippen molar-refractivity contribution in [2.45, 2.75) is 71.8 Å². The number of hydrogen-bond acceptors (Lipinski definition) is 1. The molecule has 3 heteroatoms. The molecule has 2 unspecified atom stereocenters. The van der Waals surface area contributed by atoms with Crippen LogP contribution in [0.2, 0.25) is 0 Å². The molecule has 1 aliphatic carbocycles. The molecule has 2 aliphatic rings. The summed E-state index contributed by atoms with van der Waals surface area (Å²) in [6.45, 7) is 7.63. The fraction of sp³-hybridized carbons (Fsp3) is 1.00. The van der Waals surface area contributed by atoms with Gasteiger partial charge >= 0.3 is 0 Å². The first-order valence-corrected chi connectivity index (χ1v) is 7.09. The van der Waals surface area contributed by atoms with E-state index in [1.54, 1.807) is 0 Å². The van der Waals surface area contributed by atoms with Crippen molar-refractivity contribution in [3.8, 4) is 0 Å². The Hall–Kier alpha value is -0.120. The summed E-state index contributed by atoms with van der Waals surface area (Å²) in [6, 6.07) is 0.872. The minimum Gasteiger partial charge on any atom is -0.412 e. The van der Waals surface area contributed by atoms with E-state index in [0.717, 1.165) is 17.9 Å². The lowest BCUT2D eigenvalue weighted by Gasteiger charge is -2.35. The van der Waals surface area contributed by atoms with Gasteiger partial charge in [-0.1, -0.05) is 40.0 Å². The van der Waals surface area contributed by atoms with Crippen molar-refractivity contribution in [2.24, 2.45) is 11.8 Å². The van der Waals surface area contributed by atoms with Crippen LogP contribution < -0.4 is 5.32 Å². The van der Waals surface area contributed by atoms with Crippen molar-refractivity contribution in [2.75, 3.05) is 6.54 Å². The summed E-state index contributed by atoms with van der Waals surface area (Å²) >= 11 is 0. The Balaban J connectivity index is 0. The van der Waals surface area contributed by atoms with Crippen LogP contribution in [0.1, 0.15) is 65.7 Å². The second-order valence-corrected chi connectivity index (χ2v) is 5.10. The van der Waals surface area contributed by atoms with Crippen molar-refractivity contribution in [1.29, 1.82) is 0 Å². The molecule has 0 aromatic carbocycles. The van der Waals surface area contributed by atoms with Crippen molar-refractivity contribution in [3.63, 3.8) is 0 Å². The van der Waals surface area contributed by atoms with Crippen LogP contribution in [0.25, 0.3) is 0 Å². The van der Waals surface area contributed by atoms with Crippen LogP contribution in [0.5, 0.6) is 0 Å². The molecule has 5 N–H and O–H groups in total. The predicted octanol–water partition coefficient (Wildman–Crippen LogP) is 2.33. The summed E-state index contributed by atoms with van der Waals surface area (Å²) in [5.41, 5.74) is 0. The van der Waals surface area contributed by atoms with Gasteiger partial charge in [-0.25, -0.2) is 0 Å². The van der Waals surface area contributed by atoms with E-state index in [4.69, 9.17) is 0 Å². The van der Waals surface area contributed by atoms with Crippen molar-refractivity contribution < 1.29 is 11.0 Å². The smallest absolute Gasteiger partial charge is 0.00955 e. The van der Waals surface area contributed by atoms with Crippen LogP contribution in [-0.4, -0.2) is 23.5 Å². The minimum absolute atomic E-state index is 0. The largest absolute Gasteiger partial charge is 0.412 e. The van der Waals surface area contributed by atoms with Gasteiger partial charge in [0.15, 0.2) is 0 Å². The maximum absolute atomic E-state index is 3.74. The summed E-state index contributed by atoms with van der Waals surface area (Å²) < 4.78 is 0. The van der Waals surface area contributed by atoms with Crippen LogP contribution in [0, 0.1) is 11.8 Å². The molecule has 106 valence electrons. The molecule has 0 aromatic rings. The summed E-state index contributed by atoms with van der Waals surface area (Å²) in [6.07, 6.45) is 10.3. The van der Waals surface area contributed by atoms with Gasteiger partial charge in [-0.3, -0.25) is 0 Å². The van der Waals surface area contributed by atoms with Crippen molar-refractivity contribution in [3.05, 3.63) is 0 Å². The van der Waals surface area contributed by atoms with Crippen molar-refractivity contribution >= 4 is 0 Å². The number of piperidine rings is 1. The standard InChI is InChI=1S/C12H23N.C2H6.2H2O/c1-10-7-8-12(13-9-10)11-5-3-2-4-6-11;1-2;;/h10-13H,2-9H2,1H3;1-2H3;2*1H2. The van der Waals surface area contributed by atoms with Gasteiger partial charge in [-0.15, -0.1) is 0 Å². The van der Waals surface area contributed by atoms with E-state index in [9.17, 15) is 0 Å². The Morgan fingerprint density at radius 2 is 1.41 bits per heavy atom. The minimum atomic E-state index is 0. The molecule has 0 spiro atoms. The van der Waals surface area contributed by atoms with E-state index < -0.39 is 0 Å². The van der Waals surface area contributed by atoms with Gasteiger partial charge in [0.1, 0.15) is 0 Å². The summed E-state index contributed by atoms with van der Waals surface area (Å²) in [4.78, 5) is 0. The first-order valence-electron chi connectivity index (χ1n) is 7.09. The Morgan fingerprint density at radius 3 is 1.88 bits per heavy atom. The van der Waals surface area contributed by atoms with Gasteiger partial charge in [0, 0.05) is 6.04 Å². The summed E-state index contributed by atoms with van der Waals surface area (Å²) in [5.74, 6) is 1.93. The van der Waals surface area contributed by atoms with Gasteiger partial charge in [0.25, 0.3) is 0 Å². The van der Waals surface area contributed by atoms with Crippen LogP contribution in [0.4, 0.5) is 0 Å². The highest BCUT2D eigenvalue weighted by Gasteiger charge is 2.26. The highest BCUT2D eigenvalue weighted by atomic mass is 16.0. The Labute approximate surface area is 107 Å². The quantitative estimate of drug-likeness (QED) is 0.758. The van der Waals surface area contributed by atoms with Gasteiger partial charge in [-0.05, 0) is 44.1 Å². The summed E-state index contributed by atoms with van der Waals surface area (Å²) in [5, 5.41) is 3.74. The number of hydrogen-bond donors (Lipinski definition) is 1. The molecule has 1 aliphatic heterocycles. The van der Waals surface area contributed by atoms with E-state index in [-0.39, 0.29) is 11.0 Å². The average molecular weight is 247 g/mol. The number of rotatable bonds is 1. The SMILES string of the molecule is CC.CC1CCC(C2CCCCC2)NC1.O.O. The zero-order valence-electron chi connectivity index (χ0n) is 11.9. The maximum atomic E-state index is 3.74. The summed E-state index contributed by atoms with van der Waals surface area (Å²) in [7, 11) is 0. The zero-order chi connectivity index (χ0) is 11.1. The van der Waals surface area contributed by atoms with Crippen LogP contribution in [-0.2, 0) is 0 Å². The Morgan fingerprint density at radius 1 is 0.824 bits per heavy atom. The fourth-order valence-corrected chi connectivity index (χ4v) is 2.96. The van der Waals surface area contributed by atoms with E-state index in [1.807, 2.05) is 13.8 Å². The molecule has 2 fully saturated rings. The molecule has 0 aromatic heterocycles. The molecule has 0 bridgehead atoms. The topological polar surface area (TPSA) is 75.0 Å². The lowest BCUT2D eigenvalue weighted by molar-refractivity contribution is 0.211. The van der Waals surface area contributed by atoms with E-state index in [2.05, 4.69) is 12.2 Å². The highest BCUT2D eigenvalue weighted by molar-refractivity contribution is 4.83. The molecule has 2 rings (SSSR count). The maximum Gasteiger partial charge on any atom is 0.00955 e. The first kappa shape index (κ1) is 19.2. The lowest BCUT2D eigenvalue weighted by atomic mass is 9.79. The van der Waals surface area contributed by atoms with Crippen LogP contribution in [0.15, 0.2) is 0 Å². The van der Waals surface area contributed by atoms with Gasteiger partial charge in [0.2, 0.25) is 0 Å². The monoisotopic (exact) mass is 247 g/mol. The lowest BCUT2D eigenvalue weighted by Crippen LogP contribution is -2.43. The Kier molecular flexibility index (Phi) is 12.4. The van der Waals surface area contributed by atoms with Crippen LogP contribution in [0.3, 0.4) is 0 Å². The predicted molar refractivity (Wildman–Crippen MR) is 75.3 cm³/mol.